The quantitative estimate of drug-likeness (QED) is 0.566. The van der Waals surface area contributed by atoms with Gasteiger partial charge in [0.15, 0.2) is 0 Å². The molecule has 0 unspecified atom stereocenters. The molecule has 146 valence electrons. The summed E-state index contributed by atoms with van der Waals surface area (Å²) in [6.45, 7) is 6.23. The van der Waals surface area contributed by atoms with Gasteiger partial charge in [-0.15, -0.1) is 0 Å². The Hall–Kier alpha value is -2.42. The largest absolute Gasteiger partial charge is 0.373 e. The molecule has 1 aromatic rings. The number of nitrogens with zero attached hydrogens (tertiary/aromatic N) is 4. The number of hydrogen-bond donors (Lipinski definition) is 0. The number of rotatable bonds is 4. The molecule has 27 heavy (non-hydrogen) atoms. The number of carbonyl (C=O) groups is 2. The lowest BCUT2D eigenvalue weighted by Crippen LogP contribution is -2.53. The number of piperazine rings is 1. The van der Waals surface area contributed by atoms with Gasteiger partial charge in [-0.2, -0.15) is 0 Å². The van der Waals surface area contributed by atoms with Crippen molar-refractivity contribution in [2.24, 2.45) is 0 Å². The van der Waals surface area contributed by atoms with Crippen molar-refractivity contribution in [2.75, 3.05) is 44.2 Å². The van der Waals surface area contributed by atoms with Gasteiger partial charge in [0.2, 0.25) is 11.2 Å². The molecule has 0 aliphatic carbocycles. The van der Waals surface area contributed by atoms with Crippen LogP contribution in [0.15, 0.2) is 36.0 Å². The van der Waals surface area contributed by atoms with Crippen LogP contribution in [0.4, 0.5) is 10.1 Å². The van der Waals surface area contributed by atoms with Gasteiger partial charge in [-0.05, 0) is 26.0 Å². The fraction of sp³-hybridized carbons (Fsp3) is 0.444. The van der Waals surface area contributed by atoms with Crippen LogP contribution in [-0.2, 0) is 20.8 Å². The van der Waals surface area contributed by atoms with E-state index in [0.717, 1.165) is 0 Å². The van der Waals surface area contributed by atoms with Crippen molar-refractivity contribution in [3.8, 4) is 0 Å². The molecule has 0 N–H and O–H groups in total. The fourth-order valence-electron chi connectivity index (χ4n) is 3.22. The average Bonchev–Trinajstić information content (AvgIpc) is 2.67. The van der Waals surface area contributed by atoms with E-state index in [1.807, 2.05) is 9.80 Å². The summed E-state index contributed by atoms with van der Waals surface area (Å²) in [7, 11) is 0. The normalized spacial score (nSPS) is 21.1. The van der Waals surface area contributed by atoms with Crippen molar-refractivity contribution in [1.29, 1.82) is 0 Å². The van der Waals surface area contributed by atoms with Gasteiger partial charge >= 0.3 is 0 Å². The fourth-order valence-corrected chi connectivity index (χ4v) is 4.38. The van der Waals surface area contributed by atoms with Crippen LogP contribution in [-0.4, -0.2) is 68.8 Å². The number of halogens is 1. The van der Waals surface area contributed by atoms with Gasteiger partial charge in [0.25, 0.3) is 11.8 Å². The molecule has 2 amide bonds. The molecule has 1 aromatic carbocycles. The summed E-state index contributed by atoms with van der Waals surface area (Å²) in [6.07, 6.45) is 1.56. The Morgan fingerprint density at radius 3 is 2.07 bits per heavy atom. The molecular weight excluding hydrogens is 371 g/mol. The third-order valence-electron chi connectivity index (χ3n) is 4.68. The third kappa shape index (κ3) is 3.69. The average molecular weight is 394 g/mol. The molecule has 0 saturated carbocycles. The molecule has 2 aliphatic heterocycles. The minimum Gasteiger partial charge on any atom is -0.373 e. The van der Waals surface area contributed by atoms with Crippen LogP contribution < -0.4 is 4.90 Å². The van der Waals surface area contributed by atoms with Crippen molar-refractivity contribution in [3.63, 3.8) is 0 Å². The van der Waals surface area contributed by atoms with E-state index in [4.69, 9.17) is 0 Å². The van der Waals surface area contributed by atoms with E-state index in [0.29, 0.717) is 31.9 Å². The molecular formula is C18H23FN4O3S. The van der Waals surface area contributed by atoms with E-state index in [2.05, 4.69) is 0 Å². The van der Waals surface area contributed by atoms with Gasteiger partial charge in [0.1, 0.15) is 11.4 Å². The molecule has 3 rings (SSSR count). The molecule has 0 aromatic heterocycles. The number of hydrogen-bond acceptors (Lipinski definition) is 5. The maximum absolute atomic E-state index is 14.0. The van der Waals surface area contributed by atoms with Crippen LogP contribution >= 0.6 is 0 Å². The highest BCUT2D eigenvalue weighted by atomic mass is 32.2. The Bertz CT molecular complexity index is 765. The Balaban J connectivity index is 1.75. The van der Waals surface area contributed by atoms with Gasteiger partial charge in [-0.25, -0.2) is 17.2 Å². The molecule has 7 nitrogen and oxygen atoms in total. The first-order chi connectivity index (χ1) is 13.0. The second kappa shape index (κ2) is 8.08. The summed E-state index contributed by atoms with van der Waals surface area (Å²) in [4.78, 5) is 29.0. The maximum Gasteiger partial charge on any atom is 0.274 e. The Labute approximate surface area is 160 Å². The van der Waals surface area contributed by atoms with Crippen molar-refractivity contribution in [1.82, 2.24) is 13.5 Å². The van der Waals surface area contributed by atoms with Crippen LogP contribution in [0.2, 0.25) is 0 Å². The second-order valence-electron chi connectivity index (χ2n) is 6.25. The summed E-state index contributed by atoms with van der Waals surface area (Å²) in [5.74, 6) is -1.29. The first kappa shape index (κ1) is 19.3. The van der Waals surface area contributed by atoms with Crippen LogP contribution in [0.5, 0.6) is 0 Å². The summed E-state index contributed by atoms with van der Waals surface area (Å²) >= 11 is -1.78. The highest BCUT2D eigenvalue weighted by Crippen LogP contribution is 2.22. The number of amides is 2. The standard InChI is InChI=1S/C18H23FN4O3S/c1-3-22-17(24)14(18(25)23(4-2)27(22)26)13-20-9-11-21(12-10-20)16-8-6-5-7-15(16)19/h5-8,13H,3-4,9-12H2,1-2H3. The monoisotopic (exact) mass is 394 g/mol. The number of carbonyl (C=O) groups excluding carboxylic acids is 2. The minimum atomic E-state index is -1.78. The van der Waals surface area contributed by atoms with E-state index in [1.165, 1.54) is 14.7 Å². The van der Waals surface area contributed by atoms with Crippen molar-refractivity contribution >= 4 is 28.7 Å². The van der Waals surface area contributed by atoms with Gasteiger partial charge < -0.3 is 9.80 Å². The summed E-state index contributed by atoms with van der Waals surface area (Å²) in [5.41, 5.74) is 0.581. The molecule has 9 heteroatoms. The molecule has 0 spiro atoms. The van der Waals surface area contributed by atoms with E-state index < -0.39 is 23.0 Å². The number of para-hydroxylation sites is 1. The van der Waals surface area contributed by atoms with Gasteiger partial charge in [-0.3, -0.25) is 9.59 Å². The third-order valence-corrected chi connectivity index (χ3v) is 6.29. The number of benzene rings is 1. The zero-order valence-electron chi connectivity index (χ0n) is 15.4. The maximum atomic E-state index is 14.0. The number of anilines is 1. The Morgan fingerprint density at radius 2 is 1.56 bits per heavy atom. The summed E-state index contributed by atoms with van der Waals surface area (Å²) in [6, 6.07) is 6.63. The second-order valence-corrected chi connectivity index (χ2v) is 7.59. The Kier molecular flexibility index (Phi) is 5.79. The molecule has 2 fully saturated rings. The predicted octanol–water partition coefficient (Wildman–Crippen LogP) is 1.12. The zero-order chi connectivity index (χ0) is 19.6. The van der Waals surface area contributed by atoms with E-state index in [9.17, 15) is 18.2 Å². The summed E-state index contributed by atoms with van der Waals surface area (Å²) in [5, 5.41) is 0. The van der Waals surface area contributed by atoms with Gasteiger partial charge in [-0.1, -0.05) is 12.1 Å². The molecule has 0 bridgehead atoms. The van der Waals surface area contributed by atoms with Crippen molar-refractivity contribution < 1.29 is 18.2 Å². The SMILES string of the molecule is CCN1C(=O)C(=CN2CCN(c3ccccc3F)CC2)C(=O)N(CC)S1=O. The van der Waals surface area contributed by atoms with E-state index in [-0.39, 0.29) is 24.5 Å². The van der Waals surface area contributed by atoms with Crippen LogP contribution in [0.1, 0.15) is 13.8 Å². The van der Waals surface area contributed by atoms with Crippen LogP contribution in [0.3, 0.4) is 0 Å². The highest BCUT2D eigenvalue weighted by molar-refractivity contribution is 7.81. The van der Waals surface area contributed by atoms with E-state index >= 15 is 0 Å². The topological polar surface area (TPSA) is 64.2 Å². The first-order valence-corrected chi connectivity index (χ1v) is 10.0. The predicted molar refractivity (Wildman–Crippen MR) is 101 cm³/mol. The zero-order valence-corrected chi connectivity index (χ0v) is 16.2. The van der Waals surface area contributed by atoms with Gasteiger partial charge in [0, 0.05) is 45.5 Å². The molecule has 0 atom stereocenters. The molecule has 2 aliphatic rings. The van der Waals surface area contributed by atoms with E-state index in [1.54, 1.807) is 38.2 Å². The lowest BCUT2D eigenvalue weighted by molar-refractivity contribution is -0.131. The molecule has 2 saturated heterocycles. The van der Waals surface area contributed by atoms with Crippen molar-refractivity contribution in [3.05, 3.63) is 41.9 Å². The molecule has 0 radical (unpaired) electrons. The van der Waals surface area contributed by atoms with Gasteiger partial charge in [0.05, 0.1) is 5.69 Å². The van der Waals surface area contributed by atoms with Crippen molar-refractivity contribution in [2.45, 2.75) is 13.8 Å². The van der Waals surface area contributed by atoms with Crippen LogP contribution in [0, 0.1) is 5.82 Å². The minimum absolute atomic E-state index is 0.0256. The highest BCUT2D eigenvalue weighted by Gasteiger charge is 2.40. The molecule has 2 heterocycles. The lowest BCUT2D eigenvalue weighted by atomic mass is 10.2. The lowest BCUT2D eigenvalue weighted by Gasteiger charge is -2.37. The summed E-state index contributed by atoms with van der Waals surface area (Å²) < 4.78 is 28.6. The Morgan fingerprint density at radius 1 is 1.00 bits per heavy atom. The first-order valence-electron chi connectivity index (χ1n) is 8.99. The van der Waals surface area contributed by atoms with Crippen LogP contribution in [0.25, 0.3) is 0 Å². The smallest absolute Gasteiger partial charge is 0.274 e. The number of likely N-dealkylation sites (N-methyl/N-ethyl adjacent to an activating group) is 2.